The van der Waals surface area contributed by atoms with Crippen molar-refractivity contribution in [3.63, 3.8) is 0 Å². The van der Waals surface area contributed by atoms with Crippen LogP contribution in [0.3, 0.4) is 0 Å². The summed E-state index contributed by atoms with van der Waals surface area (Å²) >= 11 is 0. The van der Waals surface area contributed by atoms with Crippen molar-refractivity contribution < 1.29 is 4.74 Å². The van der Waals surface area contributed by atoms with Gasteiger partial charge in [-0.05, 0) is 32.6 Å². The number of nitrogens with zero attached hydrogens (tertiary/aromatic N) is 2. The Morgan fingerprint density at radius 1 is 1.42 bits per heavy atom. The van der Waals surface area contributed by atoms with E-state index in [1.165, 1.54) is 12.8 Å². The molecule has 0 bridgehead atoms. The molecule has 0 aromatic carbocycles. The minimum absolute atomic E-state index is 0.532. The highest BCUT2D eigenvalue weighted by molar-refractivity contribution is 5.49. The first-order valence-corrected chi connectivity index (χ1v) is 7.12. The van der Waals surface area contributed by atoms with E-state index in [-0.39, 0.29) is 0 Å². The van der Waals surface area contributed by atoms with Crippen LogP contribution < -0.4 is 10.1 Å². The van der Waals surface area contributed by atoms with Gasteiger partial charge in [-0.15, -0.1) is 6.58 Å². The van der Waals surface area contributed by atoms with Gasteiger partial charge in [0.2, 0.25) is 5.88 Å². The van der Waals surface area contributed by atoms with E-state index in [1.54, 1.807) is 0 Å². The highest BCUT2D eigenvalue weighted by atomic mass is 16.5. The van der Waals surface area contributed by atoms with Crippen molar-refractivity contribution >= 4 is 5.82 Å². The molecule has 0 aliphatic heterocycles. The zero-order valence-electron chi connectivity index (χ0n) is 11.9. The molecule has 1 fully saturated rings. The van der Waals surface area contributed by atoms with Crippen molar-refractivity contribution in [3.8, 4) is 5.88 Å². The monoisotopic (exact) mass is 261 g/mol. The Balaban J connectivity index is 2.18. The quantitative estimate of drug-likeness (QED) is 0.575. The van der Waals surface area contributed by atoms with E-state index in [2.05, 4.69) is 28.8 Å². The van der Waals surface area contributed by atoms with Crippen molar-refractivity contribution in [2.45, 2.75) is 45.4 Å². The standard InChI is InChI=1S/C15H23N3O/c1-4-6-10-19-15-11(3)13(16-9-5-2)17-14(18-15)12-7-8-12/h4,12H,1,5-10H2,2-3H3,(H,16,17,18). The van der Waals surface area contributed by atoms with Crippen LogP contribution in [-0.2, 0) is 0 Å². The van der Waals surface area contributed by atoms with Crippen molar-refractivity contribution in [1.29, 1.82) is 0 Å². The highest BCUT2D eigenvalue weighted by Gasteiger charge is 2.28. The summed E-state index contributed by atoms with van der Waals surface area (Å²) in [6, 6.07) is 0. The molecule has 0 spiro atoms. The fraction of sp³-hybridized carbons (Fsp3) is 0.600. The molecule has 1 saturated carbocycles. The Labute approximate surface area is 115 Å². The Kier molecular flexibility index (Phi) is 4.77. The van der Waals surface area contributed by atoms with Gasteiger partial charge < -0.3 is 10.1 Å². The SMILES string of the molecule is C=CCCOc1nc(C2CC2)nc(NCCC)c1C. The number of hydrogen-bond acceptors (Lipinski definition) is 4. The molecule has 1 aromatic heterocycles. The Morgan fingerprint density at radius 3 is 2.84 bits per heavy atom. The largest absolute Gasteiger partial charge is 0.477 e. The van der Waals surface area contributed by atoms with Crippen LogP contribution in [0.4, 0.5) is 5.82 Å². The lowest BCUT2D eigenvalue weighted by Crippen LogP contribution is -2.10. The maximum absolute atomic E-state index is 5.75. The van der Waals surface area contributed by atoms with E-state index in [1.807, 2.05) is 13.0 Å². The summed E-state index contributed by atoms with van der Waals surface area (Å²) < 4.78 is 5.75. The summed E-state index contributed by atoms with van der Waals surface area (Å²) in [7, 11) is 0. The molecular formula is C15H23N3O. The number of ether oxygens (including phenoxy) is 1. The molecule has 0 atom stereocenters. The van der Waals surface area contributed by atoms with E-state index >= 15 is 0 Å². The van der Waals surface area contributed by atoms with Gasteiger partial charge in [-0.1, -0.05) is 13.0 Å². The second kappa shape index (κ2) is 6.55. The molecule has 1 aliphatic rings. The van der Waals surface area contributed by atoms with E-state index in [0.717, 1.165) is 42.5 Å². The first kappa shape index (κ1) is 13.8. The second-order valence-electron chi connectivity index (χ2n) is 4.99. The summed E-state index contributed by atoms with van der Waals surface area (Å²) in [5.74, 6) is 3.10. The van der Waals surface area contributed by atoms with Crippen LogP contribution in [0.1, 0.15) is 49.9 Å². The fourth-order valence-corrected chi connectivity index (χ4v) is 1.83. The average Bonchev–Trinajstić information content (AvgIpc) is 3.24. The Bertz CT molecular complexity index is 441. The molecular weight excluding hydrogens is 238 g/mol. The first-order valence-electron chi connectivity index (χ1n) is 7.12. The fourth-order valence-electron chi connectivity index (χ4n) is 1.83. The average molecular weight is 261 g/mol. The van der Waals surface area contributed by atoms with E-state index < -0.39 is 0 Å². The molecule has 0 radical (unpaired) electrons. The predicted octanol–water partition coefficient (Wildman–Crippen LogP) is 3.44. The topological polar surface area (TPSA) is 47.0 Å². The number of aromatic nitrogens is 2. The van der Waals surface area contributed by atoms with Crippen molar-refractivity contribution in [3.05, 3.63) is 24.0 Å². The number of nitrogens with one attached hydrogen (secondary N) is 1. The van der Waals surface area contributed by atoms with Crippen molar-refractivity contribution in [2.24, 2.45) is 0 Å². The van der Waals surface area contributed by atoms with Crippen LogP contribution in [0.25, 0.3) is 0 Å². The molecule has 1 aliphatic carbocycles. The maximum atomic E-state index is 5.75. The third kappa shape index (κ3) is 3.69. The highest BCUT2D eigenvalue weighted by Crippen LogP contribution is 2.39. The van der Waals surface area contributed by atoms with Gasteiger partial charge in [-0.3, -0.25) is 0 Å². The molecule has 104 valence electrons. The number of anilines is 1. The van der Waals surface area contributed by atoms with Gasteiger partial charge in [0.25, 0.3) is 0 Å². The van der Waals surface area contributed by atoms with Gasteiger partial charge in [0.1, 0.15) is 11.6 Å². The van der Waals surface area contributed by atoms with Gasteiger partial charge in [0, 0.05) is 12.5 Å². The number of rotatable bonds is 8. The predicted molar refractivity (Wildman–Crippen MR) is 77.8 cm³/mol. The summed E-state index contributed by atoms with van der Waals surface area (Å²) in [6.07, 6.45) is 6.16. The molecule has 4 nitrogen and oxygen atoms in total. The second-order valence-corrected chi connectivity index (χ2v) is 4.99. The summed E-state index contributed by atoms with van der Waals surface area (Å²) in [5.41, 5.74) is 1.00. The third-order valence-electron chi connectivity index (χ3n) is 3.16. The van der Waals surface area contributed by atoms with Crippen LogP contribution in [0.2, 0.25) is 0 Å². The van der Waals surface area contributed by atoms with Gasteiger partial charge >= 0.3 is 0 Å². The summed E-state index contributed by atoms with van der Waals surface area (Å²) in [4.78, 5) is 9.21. The lowest BCUT2D eigenvalue weighted by molar-refractivity contribution is 0.308. The van der Waals surface area contributed by atoms with Crippen molar-refractivity contribution in [1.82, 2.24) is 9.97 Å². The van der Waals surface area contributed by atoms with Crippen LogP contribution in [-0.4, -0.2) is 23.1 Å². The minimum atomic E-state index is 0.532. The molecule has 2 rings (SSSR count). The van der Waals surface area contributed by atoms with Gasteiger partial charge in [-0.25, -0.2) is 4.98 Å². The van der Waals surface area contributed by atoms with Gasteiger partial charge in [0.05, 0.1) is 12.2 Å². The molecule has 0 unspecified atom stereocenters. The molecule has 0 saturated heterocycles. The van der Waals surface area contributed by atoms with Crippen LogP contribution in [0.5, 0.6) is 5.88 Å². The maximum Gasteiger partial charge on any atom is 0.221 e. The number of hydrogen-bond donors (Lipinski definition) is 1. The van der Waals surface area contributed by atoms with Crippen LogP contribution in [0.15, 0.2) is 12.7 Å². The summed E-state index contributed by atoms with van der Waals surface area (Å²) in [5, 5.41) is 3.37. The van der Waals surface area contributed by atoms with Gasteiger partial charge in [-0.2, -0.15) is 4.98 Å². The van der Waals surface area contributed by atoms with Crippen molar-refractivity contribution in [2.75, 3.05) is 18.5 Å². The molecule has 1 aromatic rings. The Hall–Kier alpha value is -1.58. The normalized spacial score (nSPS) is 14.2. The lowest BCUT2D eigenvalue weighted by Gasteiger charge is -2.14. The van der Waals surface area contributed by atoms with E-state index in [0.29, 0.717) is 12.5 Å². The lowest BCUT2D eigenvalue weighted by atomic mass is 10.3. The van der Waals surface area contributed by atoms with E-state index in [9.17, 15) is 0 Å². The molecule has 0 amide bonds. The smallest absolute Gasteiger partial charge is 0.221 e. The van der Waals surface area contributed by atoms with Crippen LogP contribution in [0, 0.1) is 6.92 Å². The molecule has 4 heteroatoms. The first-order chi connectivity index (χ1) is 9.26. The zero-order chi connectivity index (χ0) is 13.7. The van der Waals surface area contributed by atoms with Gasteiger partial charge in [0.15, 0.2) is 0 Å². The zero-order valence-corrected chi connectivity index (χ0v) is 11.9. The Morgan fingerprint density at radius 2 is 2.21 bits per heavy atom. The minimum Gasteiger partial charge on any atom is -0.477 e. The third-order valence-corrected chi connectivity index (χ3v) is 3.16. The van der Waals surface area contributed by atoms with E-state index in [4.69, 9.17) is 4.74 Å². The van der Waals surface area contributed by atoms with Crippen LogP contribution >= 0.6 is 0 Å². The molecule has 19 heavy (non-hydrogen) atoms. The molecule has 1 N–H and O–H groups in total. The molecule has 1 heterocycles. The summed E-state index contributed by atoms with van der Waals surface area (Å²) in [6.45, 7) is 9.41.